The SMILES string of the molecule is COc1cc(Oc2ccccc2Cl)c(F)cc1N. The lowest BCUT2D eigenvalue weighted by Gasteiger charge is -2.11. The Morgan fingerprint density at radius 2 is 1.83 bits per heavy atom. The third-order valence-corrected chi connectivity index (χ3v) is 2.65. The van der Waals surface area contributed by atoms with Gasteiger partial charge in [-0.05, 0) is 12.1 Å². The van der Waals surface area contributed by atoms with Gasteiger partial charge in [0.05, 0.1) is 17.8 Å². The second-order valence-electron chi connectivity index (χ2n) is 3.56. The van der Waals surface area contributed by atoms with Gasteiger partial charge < -0.3 is 15.2 Å². The molecule has 2 rings (SSSR count). The van der Waals surface area contributed by atoms with Crippen LogP contribution in [0.25, 0.3) is 0 Å². The van der Waals surface area contributed by atoms with Crippen LogP contribution in [0.2, 0.25) is 5.02 Å². The fourth-order valence-electron chi connectivity index (χ4n) is 1.45. The second kappa shape index (κ2) is 5.14. The molecule has 5 heteroatoms. The molecule has 0 radical (unpaired) electrons. The zero-order chi connectivity index (χ0) is 13.1. The Morgan fingerprint density at radius 1 is 1.11 bits per heavy atom. The maximum Gasteiger partial charge on any atom is 0.168 e. The lowest BCUT2D eigenvalue weighted by molar-refractivity contribution is 0.403. The molecule has 0 bridgehead atoms. The van der Waals surface area contributed by atoms with Crippen LogP contribution >= 0.6 is 11.6 Å². The van der Waals surface area contributed by atoms with E-state index in [9.17, 15) is 4.39 Å². The van der Waals surface area contributed by atoms with Gasteiger partial charge >= 0.3 is 0 Å². The van der Waals surface area contributed by atoms with Crippen molar-refractivity contribution in [1.82, 2.24) is 0 Å². The minimum atomic E-state index is -0.576. The molecule has 0 aliphatic heterocycles. The molecule has 0 saturated heterocycles. The van der Waals surface area contributed by atoms with Crippen molar-refractivity contribution in [1.29, 1.82) is 0 Å². The van der Waals surface area contributed by atoms with E-state index < -0.39 is 5.82 Å². The summed E-state index contributed by atoms with van der Waals surface area (Å²) < 4.78 is 24.1. The Kier molecular flexibility index (Phi) is 3.58. The molecule has 0 amide bonds. The molecule has 0 aliphatic carbocycles. The van der Waals surface area contributed by atoms with Crippen molar-refractivity contribution in [3.8, 4) is 17.2 Å². The molecule has 0 fully saturated rings. The summed E-state index contributed by atoms with van der Waals surface area (Å²) in [5.74, 6) is 0.144. The average molecular weight is 268 g/mol. The monoisotopic (exact) mass is 267 g/mol. The molecule has 18 heavy (non-hydrogen) atoms. The zero-order valence-corrected chi connectivity index (χ0v) is 10.4. The molecule has 0 unspecified atom stereocenters. The van der Waals surface area contributed by atoms with Crippen molar-refractivity contribution >= 4 is 17.3 Å². The smallest absolute Gasteiger partial charge is 0.168 e. The molecule has 2 aromatic carbocycles. The molecule has 0 spiro atoms. The second-order valence-corrected chi connectivity index (χ2v) is 3.96. The first-order chi connectivity index (χ1) is 8.61. The topological polar surface area (TPSA) is 44.5 Å². The Labute approximate surface area is 109 Å². The van der Waals surface area contributed by atoms with Crippen LogP contribution in [0.4, 0.5) is 10.1 Å². The van der Waals surface area contributed by atoms with Gasteiger partial charge in [0.2, 0.25) is 0 Å². The largest absolute Gasteiger partial charge is 0.494 e. The number of benzene rings is 2. The van der Waals surface area contributed by atoms with Gasteiger partial charge in [-0.1, -0.05) is 23.7 Å². The highest BCUT2D eigenvalue weighted by Gasteiger charge is 2.11. The van der Waals surface area contributed by atoms with Crippen LogP contribution in [-0.4, -0.2) is 7.11 Å². The maximum atomic E-state index is 13.7. The average Bonchev–Trinajstić information content (AvgIpc) is 2.35. The van der Waals surface area contributed by atoms with Gasteiger partial charge in [0, 0.05) is 12.1 Å². The van der Waals surface area contributed by atoms with Crippen molar-refractivity contribution in [2.45, 2.75) is 0 Å². The first-order valence-corrected chi connectivity index (χ1v) is 5.55. The van der Waals surface area contributed by atoms with E-state index in [1.165, 1.54) is 13.2 Å². The molecular weight excluding hydrogens is 257 g/mol. The third kappa shape index (κ3) is 2.49. The summed E-state index contributed by atoms with van der Waals surface area (Å²) in [7, 11) is 1.45. The van der Waals surface area contributed by atoms with Gasteiger partial charge in [-0.25, -0.2) is 4.39 Å². The molecule has 0 heterocycles. The first-order valence-electron chi connectivity index (χ1n) is 5.17. The molecule has 0 aromatic heterocycles. The fourth-order valence-corrected chi connectivity index (χ4v) is 1.63. The number of halogens is 2. The van der Waals surface area contributed by atoms with Crippen LogP contribution in [-0.2, 0) is 0 Å². The standard InChI is InChI=1S/C13H11ClFNO2/c1-17-13-7-12(9(15)6-10(13)16)18-11-5-3-2-4-8(11)14/h2-7H,16H2,1H3. The van der Waals surface area contributed by atoms with Crippen LogP contribution in [0, 0.1) is 5.82 Å². The van der Waals surface area contributed by atoms with Crippen LogP contribution < -0.4 is 15.2 Å². The molecule has 94 valence electrons. The minimum absolute atomic E-state index is 0.00847. The highest BCUT2D eigenvalue weighted by molar-refractivity contribution is 6.32. The van der Waals surface area contributed by atoms with E-state index in [0.717, 1.165) is 6.07 Å². The lowest BCUT2D eigenvalue weighted by Crippen LogP contribution is -1.96. The molecular formula is C13H11ClFNO2. The normalized spacial score (nSPS) is 10.2. The van der Waals surface area contributed by atoms with Crippen LogP contribution in [0.15, 0.2) is 36.4 Å². The van der Waals surface area contributed by atoms with E-state index in [-0.39, 0.29) is 11.4 Å². The third-order valence-electron chi connectivity index (χ3n) is 2.34. The highest BCUT2D eigenvalue weighted by atomic mass is 35.5. The summed E-state index contributed by atoms with van der Waals surface area (Å²) in [4.78, 5) is 0. The van der Waals surface area contributed by atoms with Crippen molar-refractivity contribution in [2.75, 3.05) is 12.8 Å². The van der Waals surface area contributed by atoms with Crippen molar-refractivity contribution in [2.24, 2.45) is 0 Å². The Balaban J connectivity index is 2.38. The number of nitrogens with two attached hydrogens (primary N) is 1. The summed E-state index contributed by atoms with van der Waals surface area (Å²) in [5, 5.41) is 0.396. The number of hydrogen-bond donors (Lipinski definition) is 1. The Bertz CT molecular complexity index is 575. The van der Waals surface area contributed by atoms with E-state index >= 15 is 0 Å². The van der Waals surface area contributed by atoms with Crippen molar-refractivity contribution < 1.29 is 13.9 Å². The first kappa shape index (κ1) is 12.5. The molecule has 0 saturated carbocycles. The van der Waals surface area contributed by atoms with Gasteiger partial charge in [0.25, 0.3) is 0 Å². The van der Waals surface area contributed by atoms with Gasteiger partial charge in [-0.15, -0.1) is 0 Å². The van der Waals surface area contributed by atoms with Gasteiger partial charge in [0.1, 0.15) is 11.5 Å². The highest BCUT2D eigenvalue weighted by Crippen LogP contribution is 2.35. The summed E-state index contributed by atoms with van der Waals surface area (Å²) in [6.45, 7) is 0. The number of methoxy groups -OCH3 is 1. The van der Waals surface area contributed by atoms with E-state index in [4.69, 9.17) is 26.8 Å². The predicted molar refractivity (Wildman–Crippen MR) is 68.9 cm³/mol. The quantitative estimate of drug-likeness (QED) is 0.859. The molecule has 0 aliphatic rings. The summed E-state index contributed by atoms with van der Waals surface area (Å²) in [6.07, 6.45) is 0. The van der Waals surface area contributed by atoms with Crippen LogP contribution in [0.5, 0.6) is 17.2 Å². The van der Waals surface area contributed by atoms with Crippen molar-refractivity contribution in [3.05, 3.63) is 47.2 Å². The summed E-state index contributed by atoms with van der Waals surface area (Å²) in [6, 6.07) is 9.33. The number of rotatable bonds is 3. The molecule has 3 nitrogen and oxygen atoms in total. The predicted octanol–water partition coefficient (Wildman–Crippen LogP) is 3.86. The molecule has 2 aromatic rings. The molecule has 2 N–H and O–H groups in total. The minimum Gasteiger partial charge on any atom is -0.494 e. The Morgan fingerprint density at radius 3 is 2.50 bits per heavy atom. The number of ether oxygens (including phenoxy) is 2. The molecule has 0 atom stereocenters. The maximum absolute atomic E-state index is 13.7. The summed E-state index contributed by atoms with van der Waals surface area (Å²) >= 11 is 5.93. The Hall–Kier alpha value is -1.94. The zero-order valence-electron chi connectivity index (χ0n) is 9.61. The van der Waals surface area contributed by atoms with Crippen molar-refractivity contribution in [3.63, 3.8) is 0 Å². The number of nitrogen functional groups attached to an aromatic ring is 1. The number of anilines is 1. The van der Waals surface area contributed by atoms with E-state index in [0.29, 0.717) is 16.5 Å². The number of para-hydroxylation sites is 1. The van der Waals surface area contributed by atoms with Gasteiger partial charge in [0.15, 0.2) is 11.6 Å². The van der Waals surface area contributed by atoms with E-state index in [2.05, 4.69) is 0 Å². The van der Waals surface area contributed by atoms with E-state index in [1.54, 1.807) is 24.3 Å². The van der Waals surface area contributed by atoms with Crippen LogP contribution in [0.3, 0.4) is 0 Å². The van der Waals surface area contributed by atoms with Gasteiger partial charge in [-0.2, -0.15) is 0 Å². The van der Waals surface area contributed by atoms with Gasteiger partial charge in [-0.3, -0.25) is 0 Å². The number of hydrogen-bond acceptors (Lipinski definition) is 3. The van der Waals surface area contributed by atoms with E-state index in [1.807, 2.05) is 0 Å². The summed E-state index contributed by atoms with van der Waals surface area (Å²) in [5.41, 5.74) is 5.79. The van der Waals surface area contributed by atoms with Crippen LogP contribution in [0.1, 0.15) is 0 Å². The fraction of sp³-hybridized carbons (Fsp3) is 0.0769. The lowest BCUT2D eigenvalue weighted by atomic mass is 10.2.